The topological polar surface area (TPSA) is 63.2 Å². The lowest BCUT2D eigenvalue weighted by molar-refractivity contribution is 0.0527. The van der Waals surface area contributed by atoms with Gasteiger partial charge in [-0.2, -0.15) is 0 Å². The van der Waals surface area contributed by atoms with Crippen LogP contribution in [-0.2, 0) is 0 Å². The molecule has 23 heavy (non-hydrogen) atoms. The Balaban J connectivity index is 1.70. The van der Waals surface area contributed by atoms with E-state index in [0.717, 1.165) is 37.0 Å². The Hall–Kier alpha value is -2.56. The standard InChI is InChI=1S/C18H21N3O2/c1-14-9-12-19-13-16(14)20-17(22)21-18(10-5-6-11-18)23-15-7-3-2-4-8-15/h2-4,7-9,12-13H,5-6,10-11H2,1H3,(H2,20,21,22). The summed E-state index contributed by atoms with van der Waals surface area (Å²) >= 11 is 0. The Bertz CT molecular complexity index is 667. The molecule has 1 aromatic carbocycles. The number of nitrogens with zero attached hydrogens (tertiary/aromatic N) is 1. The third kappa shape index (κ3) is 3.80. The van der Waals surface area contributed by atoms with E-state index >= 15 is 0 Å². The lowest BCUT2D eigenvalue weighted by Crippen LogP contribution is -2.52. The largest absolute Gasteiger partial charge is 0.468 e. The van der Waals surface area contributed by atoms with Crippen molar-refractivity contribution in [3.63, 3.8) is 0 Å². The molecule has 0 unspecified atom stereocenters. The molecule has 5 nitrogen and oxygen atoms in total. The van der Waals surface area contributed by atoms with E-state index in [1.54, 1.807) is 12.4 Å². The molecule has 1 fully saturated rings. The molecule has 2 N–H and O–H groups in total. The number of pyridine rings is 1. The van der Waals surface area contributed by atoms with Gasteiger partial charge in [-0.05, 0) is 43.5 Å². The fourth-order valence-corrected chi connectivity index (χ4v) is 2.87. The SMILES string of the molecule is Cc1ccncc1NC(=O)NC1(Oc2ccccc2)CCCC1. The molecule has 1 aliphatic rings. The Morgan fingerprint density at radius 1 is 1.17 bits per heavy atom. The number of rotatable bonds is 4. The van der Waals surface area contributed by atoms with E-state index in [9.17, 15) is 4.79 Å². The number of benzene rings is 1. The maximum atomic E-state index is 12.4. The third-order valence-corrected chi connectivity index (χ3v) is 4.10. The van der Waals surface area contributed by atoms with Gasteiger partial charge in [-0.1, -0.05) is 18.2 Å². The van der Waals surface area contributed by atoms with Crippen LogP contribution in [0.1, 0.15) is 31.2 Å². The van der Waals surface area contributed by atoms with Crippen LogP contribution in [0.2, 0.25) is 0 Å². The van der Waals surface area contributed by atoms with Crippen molar-refractivity contribution in [2.45, 2.75) is 38.3 Å². The second kappa shape index (κ2) is 6.69. The van der Waals surface area contributed by atoms with Crippen LogP contribution in [0.15, 0.2) is 48.8 Å². The quantitative estimate of drug-likeness (QED) is 0.843. The number of ether oxygens (including phenoxy) is 1. The fourth-order valence-electron chi connectivity index (χ4n) is 2.87. The van der Waals surface area contributed by atoms with Crippen LogP contribution in [-0.4, -0.2) is 16.7 Å². The van der Waals surface area contributed by atoms with Crippen molar-refractivity contribution >= 4 is 11.7 Å². The number of amides is 2. The van der Waals surface area contributed by atoms with Gasteiger partial charge in [-0.15, -0.1) is 0 Å². The average molecular weight is 311 g/mol. The molecule has 1 aromatic heterocycles. The Kier molecular flexibility index (Phi) is 4.46. The minimum atomic E-state index is -0.637. The minimum absolute atomic E-state index is 0.265. The summed E-state index contributed by atoms with van der Waals surface area (Å²) in [6.45, 7) is 1.93. The molecule has 1 heterocycles. The molecule has 3 rings (SSSR count). The highest BCUT2D eigenvalue weighted by Crippen LogP contribution is 2.32. The van der Waals surface area contributed by atoms with Crippen LogP contribution in [0.4, 0.5) is 10.5 Å². The Morgan fingerprint density at radius 3 is 2.61 bits per heavy atom. The molecule has 120 valence electrons. The maximum absolute atomic E-state index is 12.4. The van der Waals surface area contributed by atoms with E-state index in [-0.39, 0.29) is 6.03 Å². The van der Waals surface area contributed by atoms with E-state index in [0.29, 0.717) is 5.69 Å². The first kappa shape index (κ1) is 15.3. The molecular weight excluding hydrogens is 290 g/mol. The summed E-state index contributed by atoms with van der Waals surface area (Å²) < 4.78 is 6.11. The number of carbonyl (C=O) groups excluding carboxylic acids is 1. The van der Waals surface area contributed by atoms with Gasteiger partial charge in [0, 0.05) is 19.0 Å². The molecule has 0 spiro atoms. The van der Waals surface area contributed by atoms with Gasteiger partial charge in [-0.25, -0.2) is 4.79 Å². The second-order valence-electron chi connectivity index (χ2n) is 5.89. The Morgan fingerprint density at radius 2 is 1.91 bits per heavy atom. The number of urea groups is 1. The molecule has 2 aromatic rings. The smallest absolute Gasteiger partial charge is 0.322 e. The number of para-hydroxylation sites is 1. The first-order valence-corrected chi connectivity index (χ1v) is 7.91. The molecule has 0 bridgehead atoms. The number of anilines is 1. The van der Waals surface area contributed by atoms with Crippen molar-refractivity contribution in [3.8, 4) is 5.75 Å². The van der Waals surface area contributed by atoms with Gasteiger partial charge in [-0.3, -0.25) is 10.3 Å². The molecule has 5 heteroatoms. The first-order chi connectivity index (χ1) is 11.2. The minimum Gasteiger partial charge on any atom is -0.468 e. The number of hydrogen-bond acceptors (Lipinski definition) is 3. The maximum Gasteiger partial charge on any atom is 0.322 e. The summed E-state index contributed by atoms with van der Waals surface area (Å²) in [6.07, 6.45) is 7.05. The zero-order chi connectivity index (χ0) is 16.1. The number of aromatic nitrogens is 1. The molecule has 1 aliphatic carbocycles. The van der Waals surface area contributed by atoms with Gasteiger partial charge >= 0.3 is 6.03 Å². The number of aryl methyl sites for hydroxylation is 1. The van der Waals surface area contributed by atoms with Gasteiger partial charge in [0.2, 0.25) is 0 Å². The number of hydrogen-bond donors (Lipinski definition) is 2. The van der Waals surface area contributed by atoms with Gasteiger partial charge in [0.05, 0.1) is 11.9 Å². The average Bonchev–Trinajstić information content (AvgIpc) is 2.98. The summed E-state index contributed by atoms with van der Waals surface area (Å²) in [6, 6.07) is 11.2. The molecule has 1 saturated carbocycles. The van der Waals surface area contributed by atoms with Crippen LogP contribution in [0, 0.1) is 6.92 Å². The molecular formula is C18H21N3O2. The second-order valence-corrected chi connectivity index (χ2v) is 5.89. The number of carbonyl (C=O) groups is 1. The van der Waals surface area contributed by atoms with Crippen molar-refractivity contribution in [2.24, 2.45) is 0 Å². The summed E-state index contributed by atoms with van der Waals surface area (Å²) in [7, 11) is 0. The molecule has 0 saturated heterocycles. The third-order valence-electron chi connectivity index (χ3n) is 4.10. The van der Waals surface area contributed by atoms with Crippen molar-refractivity contribution in [2.75, 3.05) is 5.32 Å². The monoisotopic (exact) mass is 311 g/mol. The predicted octanol–water partition coefficient (Wildman–Crippen LogP) is 3.86. The first-order valence-electron chi connectivity index (χ1n) is 7.91. The predicted molar refractivity (Wildman–Crippen MR) is 89.4 cm³/mol. The highest BCUT2D eigenvalue weighted by molar-refractivity contribution is 5.90. The van der Waals surface area contributed by atoms with Crippen LogP contribution >= 0.6 is 0 Å². The van der Waals surface area contributed by atoms with Crippen LogP contribution in [0.25, 0.3) is 0 Å². The number of nitrogens with one attached hydrogen (secondary N) is 2. The van der Waals surface area contributed by atoms with Crippen molar-refractivity contribution in [3.05, 3.63) is 54.4 Å². The van der Waals surface area contributed by atoms with Crippen molar-refractivity contribution in [1.29, 1.82) is 0 Å². The Labute approximate surface area is 136 Å². The molecule has 0 atom stereocenters. The van der Waals surface area contributed by atoms with Crippen LogP contribution in [0.3, 0.4) is 0 Å². The van der Waals surface area contributed by atoms with E-state index < -0.39 is 5.72 Å². The van der Waals surface area contributed by atoms with E-state index in [4.69, 9.17) is 4.74 Å². The van der Waals surface area contributed by atoms with E-state index in [2.05, 4.69) is 15.6 Å². The summed E-state index contributed by atoms with van der Waals surface area (Å²) in [5.41, 5.74) is 1.04. The summed E-state index contributed by atoms with van der Waals surface area (Å²) in [5, 5.41) is 5.87. The summed E-state index contributed by atoms with van der Waals surface area (Å²) in [5.74, 6) is 0.771. The van der Waals surface area contributed by atoms with Crippen molar-refractivity contribution in [1.82, 2.24) is 10.3 Å². The van der Waals surface area contributed by atoms with Gasteiger partial charge < -0.3 is 10.1 Å². The van der Waals surface area contributed by atoms with E-state index in [1.165, 1.54) is 0 Å². The fraction of sp³-hybridized carbons (Fsp3) is 0.333. The van der Waals surface area contributed by atoms with Crippen LogP contribution in [0.5, 0.6) is 5.75 Å². The van der Waals surface area contributed by atoms with Gasteiger partial charge in [0.1, 0.15) is 5.75 Å². The molecule has 0 aliphatic heterocycles. The highest BCUT2D eigenvalue weighted by atomic mass is 16.5. The van der Waals surface area contributed by atoms with E-state index in [1.807, 2.05) is 43.3 Å². The normalized spacial score (nSPS) is 15.9. The van der Waals surface area contributed by atoms with Crippen molar-refractivity contribution < 1.29 is 9.53 Å². The van der Waals surface area contributed by atoms with Gasteiger partial charge in [0.15, 0.2) is 5.72 Å². The van der Waals surface area contributed by atoms with Crippen LogP contribution < -0.4 is 15.4 Å². The lowest BCUT2D eigenvalue weighted by atomic mass is 10.2. The molecule has 2 amide bonds. The van der Waals surface area contributed by atoms with Gasteiger partial charge in [0.25, 0.3) is 0 Å². The highest BCUT2D eigenvalue weighted by Gasteiger charge is 2.37. The summed E-state index contributed by atoms with van der Waals surface area (Å²) in [4.78, 5) is 16.4. The zero-order valence-electron chi connectivity index (χ0n) is 13.2. The lowest BCUT2D eigenvalue weighted by Gasteiger charge is -2.31. The molecule has 0 radical (unpaired) electrons. The zero-order valence-corrected chi connectivity index (χ0v) is 13.2.